The molecule has 3 rings (SSSR count). The van der Waals surface area contributed by atoms with E-state index in [0.29, 0.717) is 13.1 Å². The van der Waals surface area contributed by atoms with Crippen LogP contribution in [0.1, 0.15) is 61.7 Å². The molecular weight excluding hydrogens is 380 g/mol. The van der Waals surface area contributed by atoms with Gasteiger partial charge in [-0.05, 0) is 56.4 Å². The molecule has 1 aromatic carbocycles. The van der Waals surface area contributed by atoms with E-state index >= 15 is 0 Å². The molecule has 1 heterocycles. The highest BCUT2D eigenvalue weighted by molar-refractivity contribution is 7.89. The highest BCUT2D eigenvalue weighted by Gasteiger charge is 2.35. The number of benzene rings is 1. The van der Waals surface area contributed by atoms with Gasteiger partial charge in [-0.2, -0.15) is 4.31 Å². The quantitative estimate of drug-likeness (QED) is 0.781. The van der Waals surface area contributed by atoms with Crippen LogP contribution in [0.3, 0.4) is 0 Å². The standard InChI is InChI=1S/C20H28N2O5S/c23-19(21-13-5-2-6-14-21)15-22(17-7-3-1-4-8-17)28(26,27)18-11-9-16(10-12-18)20(24)25/h9-12,17H,1-8,13-15H2,(H,24,25). The Hall–Kier alpha value is -1.93. The Morgan fingerprint density at radius 3 is 2.11 bits per heavy atom. The summed E-state index contributed by atoms with van der Waals surface area (Å²) in [7, 11) is -3.88. The number of carbonyl (C=O) groups excluding carboxylic acids is 1. The maximum atomic E-state index is 13.3. The topological polar surface area (TPSA) is 95.0 Å². The molecule has 2 fully saturated rings. The summed E-state index contributed by atoms with van der Waals surface area (Å²) >= 11 is 0. The Morgan fingerprint density at radius 2 is 1.54 bits per heavy atom. The number of carbonyl (C=O) groups is 2. The van der Waals surface area contributed by atoms with Crippen molar-refractivity contribution in [2.45, 2.75) is 62.3 Å². The van der Waals surface area contributed by atoms with Gasteiger partial charge in [0.05, 0.1) is 17.0 Å². The summed E-state index contributed by atoms with van der Waals surface area (Å²) in [6.45, 7) is 1.23. The third-order valence-electron chi connectivity index (χ3n) is 5.69. The van der Waals surface area contributed by atoms with E-state index in [1.807, 2.05) is 0 Å². The number of sulfonamides is 1. The van der Waals surface area contributed by atoms with E-state index in [1.165, 1.54) is 28.6 Å². The Balaban J connectivity index is 1.85. The predicted octanol–water partition coefficient (Wildman–Crippen LogP) is 2.72. The lowest BCUT2D eigenvalue weighted by molar-refractivity contribution is -0.132. The number of hydrogen-bond donors (Lipinski definition) is 1. The van der Waals surface area contributed by atoms with E-state index < -0.39 is 16.0 Å². The number of carboxylic acid groups (broad SMARTS) is 1. The normalized spacial score (nSPS) is 19.0. The van der Waals surface area contributed by atoms with Crippen LogP contribution in [0.4, 0.5) is 0 Å². The molecule has 1 amide bonds. The third kappa shape index (κ3) is 4.72. The first-order valence-electron chi connectivity index (χ1n) is 10.0. The molecule has 1 saturated carbocycles. The molecule has 1 N–H and O–H groups in total. The van der Waals surface area contributed by atoms with Gasteiger partial charge < -0.3 is 10.0 Å². The first-order chi connectivity index (χ1) is 13.4. The fraction of sp³-hybridized carbons (Fsp3) is 0.600. The van der Waals surface area contributed by atoms with Crippen LogP contribution in [-0.2, 0) is 14.8 Å². The number of amides is 1. The van der Waals surface area contributed by atoms with Gasteiger partial charge in [-0.25, -0.2) is 13.2 Å². The molecule has 154 valence electrons. The number of aromatic carboxylic acids is 1. The molecule has 1 aliphatic heterocycles. The van der Waals surface area contributed by atoms with Gasteiger partial charge in [0.1, 0.15) is 0 Å². The van der Waals surface area contributed by atoms with Crippen molar-refractivity contribution in [2.24, 2.45) is 0 Å². The molecule has 2 aliphatic rings. The van der Waals surface area contributed by atoms with Gasteiger partial charge in [-0.1, -0.05) is 19.3 Å². The molecule has 1 aliphatic carbocycles. The molecule has 0 aromatic heterocycles. The molecule has 0 bridgehead atoms. The van der Waals surface area contributed by atoms with Crippen molar-refractivity contribution in [1.29, 1.82) is 0 Å². The van der Waals surface area contributed by atoms with Crippen molar-refractivity contribution in [1.82, 2.24) is 9.21 Å². The maximum Gasteiger partial charge on any atom is 0.335 e. The number of likely N-dealkylation sites (tertiary alicyclic amines) is 1. The van der Waals surface area contributed by atoms with E-state index in [-0.39, 0.29) is 29.0 Å². The van der Waals surface area contributed by atoms with Crippen LogP contribution < -0.4 is 0 Å². The molecule has 1 aromatic rings. The minimum Gasteiger partial charge on any atom is -0.478 e. The van der Waals surface area contributed by atoms with Gasteiger partial charge in [-0.3, -0.25) is 4.79 Å². The van der Waals surface area contributed by atoms with Crippen LogP contribution >= 0.6 is 0 Å². The molecular formula is C20H28N2O5S. The summed E-state index contributed by atoms with van der Waals surface area (Å²) in [5.41, 5.74) is 0.0348. The first-order valence-corrected chi connectivity index (χ1v) is 11.5. The number of hydrogen-bond acceptors (Lipinski definition) is 4. The lowest BCUT2D eigenvalue weighted by Gasteiger charge is -2.35. The second-order valence-electron chi connectivity index (χ2n) is 7.61. The summed E-state index contributed by atoms with van der Waals surface area (Å²) in [6, 6.07) is 5.04. The molecule has 8 heteroatoms. The third-order valence-corrected chi connectivity index (χ3v) is 7.60. The highest BCUT2D eigenvalue weighted by atomic mass is 32.2. The smallest absolute Gasteiger partial charge is 0.335 e. The van der Waals surface area contributed by atoms with E-state index in [0.717, 1.165) is 51.4 Å². The lowest BCUT2D eigenvalue weighted by atomic mass is 9.95. The number of piperidine rings is 1. The van der Waals surface area contributed by atoms with E-state index in [2.05, 4.69) is 0 Å². The summed E-state index contributed by atoms with van der Waals surface area (Å²) in [5, 5.41) is 9.04. The van der Waals surface area contributed by atoms with Crippen LogP contribution in [0.5, 0.6) is 0 Å². The Kier molecular flexibility index (Phi) is 6.72. The van der Waals surface area contributed by atoms with Gasteiger partial charge >= 0.3 is 5.97 Å². The SMILES string of the molecule is O=C(O)c1ccc(S(=O)(=O)N(CC(=O)N2CCCCC2)C2CCCCC2)cc1. The van der Waals surface area contributed by atoms with Crippen molar-refractivity contribution in [3.63, 3.8) is 0 Å². The van der Waals surface area contributed by atoms with Gasteiger partial charge in [0.15, 0.2) is 0 Å². The average Bonchev–Trinajstić information content (AvgIpc) is 2.73. The van der Waals surface area contributed by atoms with Gasteiger partial charge in [0.2, 0.25) is 15.9 Å². The van der Waals surface area contributed by atoms with Gasteiger partial charge in [-0.15, -0.1) is 0 Å². The fourth-order valence-electron chi connectivity index (χ4n) is 4.06. The predicted molar refractivity (Wildman–Crippen MR) is 105 cm³/mol. The van der Waals surface area contributed by atoms with Crippen molar-refractivity contribution < 1.29 is 23.1 Å². The van der Waals surface area contributed by atoms with Gasteiger partial charge in [0, 0.05) is 19.1 Å². The maximum absolute atomic E-state index is 13.3. The number of nitrogens with zero attached hydrogens (tertiary/aromatic N) is 2. The largest absolute Gasteiger partial charge is 0.478 e. The minimum atomic E-state index is -3.88. The van der Waals surface area contributed by atoms with Crippen molar-refractivity contribution in [3.8, 4) is 0 Å². The number of carboxylic acids is 1. The Labute approximate surface area is 166 Å². The van der Waals surface area contributed by atoms with E-state index in [1.54, 1.807) is 4.90 Å². The lowest BCUT2D eigenvalue weighted by Crippen LogP contribution is -2.49. The highest BCUT2D eigenvalue weighted by Crippen LogP contribution is 2.28. The molecule has 0 radical (unpaired) electrons. The molecule has 1 saturated heterocycles. The molecule has 28 heavy (non-hydrogen) atoms. The zero-order valence-electron chi connectivity index (χ0n) is 16.0. The monoisotopic (exact) mass is 408 g/mol. The van der Waals surface area contributed by atoms with Crippen molar-refractivity contribution in [3.05, 3.63) is 29.8 Å². The second kappa shape index (κ2) is 9.05. The minimum absolute atomic E-state index is 0.0348. The van der Waals surface area contributed by atoms with E-state index in [4.69, 9.17) is 5.11 Å². The van der Waals surface area contributed by atoms with E-state index in [9.17, 15) is 18.0 Å². The number of rotatable bonds is 6. The van der Waals surface area contributed by atoms with Crippen LogP contribution in [0, 0.1) is 0 Å². The average molecular weight is 409 g/mol. The first kappa shape index (κ1) is 20.8. The van der Waals surface area contributed by atoms with Crippen LogP contribution in [0.15, 0.2) is 29.2 Å². The summed E-state index contributed by atoms with van der Waals surface area (Å²) in [5.74, 6) is -1.25. The second-order valence-corrected chi connectivity index (χ2v) is 9.50. The van der Waals surface area contributed by atoms with Crippen LogP contribution in [0.25, 0.3) is 0 Å². The van der Waals surface area contributed by atoms with Gasteiger partial charge in [0.25, 0.3) is 0 Å². The molecule has 0 atom stereocenters. The summed E-state index contributed by atoms with van der Waals surface area (Å²) in [4.78, 5) is 25.7. The summed E-state index contributed by atoms with van der Waals surface area (Å²) in [6.07, 6.45) is 7.50. The fourth-order valence-corrected chi connectivity index (χ4v) is 5.70. The van der Waals surface area contributed by atoms with Crippen LogP contribution in [-0.4, -0.2) is 60.3 Å². The van der Waals surface area contributed by atoms with Crippen LogP contribution in [0.2, 0.25) is 0 Å². The summed E-state index contributed by atoms with van der Waals surface area (Å²) < 4.78 is 28.0. The molecule has 7 nitrogen and oxygen atoms in total. The van der Waals surface area contributed by atoms with Crippen molar-refractivity contribution in [2.75, 3.05) is 19.6 Å². The molecule has 0 spiro atoms. The Morgan fingerprint density at radius 1 is 0.964 bits per heavy atom. The zero-order valence-corrected chi connectivity index (χ0v) is 16.9. The molecule has 0 unspecified atom stereocenters. The zero-order chi connectivity index (χ0) is 20.1. The Bertz CT molecular complexity index is 794. The van der Waals surface area contributed by atoms with Crippen molar-refractivity contribution >= 4 is 21.9 Å².